The number of benzene rings is 2. The van der Waals surface area contributed by atoms with Gasteiger partial charge in [0, 0.05) is 24.9 Å². The zero-order valence-electron chi connectivity index (χ0n) is 16.2. The Kier molecular flexibility index (Phi) is 6.09. The number of nitrogens with one attached hydrogen (secondary N) is 2. The molecule has 1 heterocycles. The summed E-state index contributed by atoms with van der Waals surface area (Å²) in [5.41, 5.74) is 0.628. The number of hydrogen-bond donors (Lipinski definition) is 2. The lowest BCUT2D eigenvalue weighted by molar-refractivity contribution is -0.121. The number of hydrogen-bond acceptors (Lipinski definition) is 5. The normalized spacial score (nSPS) is 13.3. The Labute approximate surface area is 169 Å². The predicted octanol–water partition coefficient (Wildman–Crippen LogP) is 2.32. The molecule has 0 atom stereocenters. The third-order valence-electron chi connectivity index (χ3n) is 4.65. The molecule has 9 heteroatoms. The molecule has 7 nitrogen and oxygen atoms in total. The summed E-state index contributed by atoms with van der Waals surface area (Å²) in [7, 11) is -3.79. The molecule has 0 unspecified atom stereocenters. The van der Waals surface area contributed by atoms with Gasteiger partial charge in [0.1, 0.15) is 5.82 Å². The maximum absolute atomic E-state index is 12.9. The molecule has 29 heavy (non-hydrogen) atoms. The van der Waals surface area contributed by atoms with E-state index < -0.39 is 15.8 Å². The summed E-state index contributed by atoms with van der Waals surface area (Å²) in [4.78, 5) is 12.1. The number of fused-ring (bicyclic) bond motifs is 1. The summed E-state index contributed by atoms with van der Waals surface area (Å²) < 4.78 is 50.2. The fourth-order valence-electron chi connectivity index (χ4n) is 2.82. The van der Waals surface area contributed by atoms with Gasteiger partial charge in [-0.25, -0.2) is 17.5 Å². The van der Waals surface area contributed by atoms with Crippen LogP contribution in [0.5, 0.6) is 11.5 Å². The van der Waals surface area contributed by atoms with Crippen LogP contribution < -0.4 is 19.5 Å². The second kappa shape index (κ2) is 8.38. The number of carbonyl (C=O) groups excluding carboxylic acids is 1. The molecular formula is C20H23FN2O5S. The Morgan fingerprint density at radius 1 is 1.10 bits per heavy atom. The van der Waals surface area contributed by atoms with E-state index in [4.69, 9.17) is 9.47 Å². The Morgan fingerprint density at radius 3 is 2.52 bits per heavy atom. The Morgan fingerprint density at radius 2 is 1.79 bits per heavy atom. The molecule has 0 radical (unpaired) electrons. The van der Waals surface area contributed by atoms with E-state index in [9.17, 15) is 17.6 Å². The first kappa shape index (κ1) is 21.1. The highest BCUT2D eigenvalue weighted by atomic mass is 32.2. The van der Waals surface area contributed by atoms with Crippen LogP contribution in [0, 0.1) is 5.82 Å². The van der Waals surface area contributed by atoms with Crippen LogP contribution in [-0.4, -0.2) is 34.2 Å². The van der Waals surface area contributed by atoms with E-state index in [1.165, 1.54) is 12.1 Å². The van der Waals surface area contributed by atoms with Gasteiger partial charge in [0.05, 0.1) is 4.90 Å². The third-order valence-corrected chi connectivity index (χ3v) is 6.13. The summed E-state index contributed by atoms with van der Waals surface area (Å²) in [6, 6.07) is 10.1. The van der Waals surface area contributed by atoms with Gasteiger partial charge in [-0.2, -0.15) is 0 Å². The van der Waals surface area contributed by atoms with Gasteiger partial charge in [-0.1, -0.05) is 19.9 Å². The predicted molar refractivity (Wildman–Crippen MR) is 105 cm³/mol. The van der Waals surface area contributed by atoms with Gasteiger partial charge in [0.2, 0.25) is 22.7 Å². The van der Waals surface area contributed by atoms with Crippen molar-refractivity contribution in [1.82, 2.24) is 10.0 Å². The third kappa shape index (κ3) is 5.24. The summed E-state index contributed by atoms with van der Waals surface area (Å²) in [6.07, 6.45) is -0.0162. The van der Waals surface area contributed by atoms with E-state index in [-0.39, 0.29) is 36.0 Å². The van der Waals surface area contributed by atoms with Crippen LogP contribution in [0.25, 0.3) is 0 Å². The molecule has 3 rings (SSSR count). The van der Waals surface area contributed by atoms with E-state index in [2.05, 4.69) is 10.0 Å². The summed E-state index contributed by atoms with van der Waals surface area (Å²) in [6.45, 7) is 4.49. The van der Waals surface area contributed by atoms with E-state index >= 15 is 0 Å². The average Bonchev–Trinajstić information content (AvgIpc) is 3.14. The summed E-state index contributed by atoms with van der Waals surface area (Å²) in [5.74, 6) is 0.577. The van der Waals surface area contributed by atoms with Crippen molar-refractivity contribution in [2.24, 2.45) is 0 Å². The molecule has 0 aromatic heterocycles. The van der Waals surface area contributed by atoms with Crippen molar-refractivity contribution >= 4 is 15.9 Å². The molecule has 156 valence electrons. The topological polar surface area (TPSA) is 93.7 Å². The van der Waals surface area contributed by atoms with Crippen LogP contribution >= 0.6 is 0 Å². The van der Waals surface area contributed by atoms with Crippen molar-refractivity contribution < 1.29 is 27.1 Å². The molecule has 2 aromatic carbocycles. The maximum Gasteiger partial charge on any atom is 0.240 e. The molecule has 2 aromatic rings. The Bertz CT molecular complexity index is 990. The second-order valence-corrected chi connectivity index (χ2v) is 9.10. The van der Waals surface area contributed by atoms with Crippen LogP contribution in [0.15, 0.2) is 47.4 Å². The van der Waals surface area contributed by atoms with Crippen LogP contribution in [0.2, 0.25) is 0 Å². The minimum absolute atomic E-state index is 0.0162. The zero-order valence-corrected chi connectivity index (χ0v) is 17.0. The van der Waals surface area contributed by atoms with Gasteiger partial charge in [-0.3, -0.25) is 4.79 Å². The number of carbonyl (C=O) groups is 1. The highest BCUT2D eigenvalue weighted by Crippen LogP contribution is 2.36. The SMILES string of the molecule is CC(C)(CNC(=O)CCNS(=O)(=O)c1ccc(F)cc1)c1ccc2c(c1)OCO2. The molecule has 0 aliphatic carbocycles. The molecular weight excluding hydrogens is 399 g/mol. The molecule has 1 amide bonds. The van der Waals surface area contributed by atoms with E-state index in [1.807, 2.05) is 32.0 Å². The fraction of sp³-hybridized carbons (Fsp3) is 0.350. The largest absolute Gasteiger partial charge is 0.454 e. The molecule has 0 saturated heterocycles. The average molecular weight is 422 g/mol. The molecule has 0 spiro atoms. The lowest BCUT2D eigenvalue weighted by Gasteiger charge is -2.26. The van der Waals surface area contributed by atoms with Gasteiger partial charge in [0.15, 0.2) is 11.5 Å². The highest BCUT2D eigenvalue weighted by molar-refractivity contribution is 7.89. The number of rotatable bonds is 8. The van der Waals surface area contributed by atoms with Gasteiger partial charge in [0.25, 0.3) is 0 Å². The minimum Gasteiger partial charge on any atom is -0.454 e. The standard InChI is InChI=1S/C20H23FN2O5S/c1-20(2,14-3-8-17-18(11-14)28-13-27-17)12-22-19(24)9-10-23-29(25,26)16-6-4-15(21)5-7-16/h3-8,11,23H,9-10,12-13H2,1-2H3,(H,22,24). The number of ether oxygens (including phenoxy) is 2. The second-order valence-electron chi connectivity index (χ2n) is 7.33. The monoisotopic (exact) mass is 422 g/mol. The Balaban J connectivity index is 1.48. The maximum atomic E-state index is 12.9. The number of sulfonamides is 1. The first-order chi connectivity index (χ1) is 13.7. The van der Waals surface area contributed by atoms with Crippen molar-refractivity contribution in [2.45, 2.75) is 30.6 Å². The number of amides is 1. The number of halogens is 1. The molecule has 0 fully saturated rings. The van der Waals surface area contributed by atoms with Gasteiger partial charge < -0.3 is 14.8 Å². The van der Waals surface area contributed by atoms with Gasteiger partial charge in [-0.05, 0) is 42.0 Å². The van der Waals surface area contributed by atoms with E-state index in [0.29, 0.717) is 18.0 Å². The highest BCUT2D eigenvalue weighted by Gasteiger charge is 2.24. The zero-order chi connectivity index (χ0) is 21.1. The van der Waals surface area contributed by atoms with E-state index in [1.54, 1.807) is 0 Å². The summed E-state index contributed by atoms with van der Waals surface area (Å²) in [5, 5.41) is 2.83. The molecule has 1 aliphatic rings. The van der Waals surface area contributed by atoms with Crippen molar-refractivity contribution in [3.8, 4) is 11.5 Å². The molecule has 0 bridgehead atoms. The van der Waals surface area contributed by atoms with Crippen LogP contribution in [0.3, 0.4) is 0 Å². The fourth-order valence-corrected chi connectivity index (χ4v) is 3.86. The lowest BCUT2D eigenvalue weighted by atomic mass is 9.84. The van der Waals surface area contributed by atoms with Crippen molar-refractivity contribution in [1.29, 1.82) is 0 Å². The van der Waals surface area contributed by atoms with Crippen LogP contribution in [-0.2, 0) is 20.2 Å². The quantitative estimate of drug-likeness (QED) is 0.681. The van der Waals surface area contributed by atoms with Crippen molar-refractivity contribution in [3.05, 3.63) is 53.8 Å². The summed E-state index contributed by atoms with van der Waals surface area (Å²) >= 11 is 0. The van der Waals surface area contributed by atoms with Gasteiger partial charge in [-0.15, -0.1) is 0 Å². The van der Waals surface area contributed by atoms with Gasteiger partial charge >= 0.3 is 0 Å². The van der Waals surface area contributed by atoms with E-state index in [0.717, 1.165) is 17.7 Å². The lowest BCUT2D eigenvalue weighted by Crippen LogP contribution is -2.38. The molecule has 1 aliphatic heterocycles. The molecule has 0 saturated carbocycles. The Hall–Kier alpha value is -2.65. The minimum atomic E-state index is -3.79. The molecule has 2 N–H and O–H groups in total. The van der Waals surface area contributed by atoms with Crippen molar-refractivity contribution in [2.75, 3.05) is 19.9 Å². The smallest absolute Gasteiger partial charge is 0.240 e. The van der Waals surface area contributed by atoms with Crippen LogP contribution in [0.1, 0.15) is 25.8 Å². The first-order valence-corrected chi connectivity index (χ1v) is 10.6. The van der Waals surface area contributed by atoms with Crippen LogP contribution in [0.4, 0.5) is 4.39 Å². The van der Waals surface area contributed by atoms with Crippen molar-refractivity contribution in [3.63, 3.8) is 0 Å². The first-order valence-electron chi connectivity index (χ1n) is 9.09.